The Bertz CT molecular complexity index is 977. The molecule has 0 aliphatic heterocycles. The van der Waals surface area contributed by atoms with Gasteiger partial charge >= 0.3 is 0 Å². The fraction of sp³-hybridized carbons (Fsp3) is 0.222. The summed E-state index contributed by atoms with van der Waals surface area (Å²) in [5, 5.41) is 0. The Hall–Kier alpha value is -3.37. The summed E-state index contributed by atoms with van der Waals surface area (Å²) < 4.78 is 11.2. The number of hydrogen-bond acceptors (Lipinski definition) is 3. The van der Waals surface area contributed by atoms with E-state index in [1.807, 2.05) is 42.5 Å². The molecule has 3 heteroatoms. The zero-order valence-corrected chi connectivity index (χ0v) is 17.4. The van der Waals surface area contributed by atoms with Gasteiger partial charge in [-0.1, -0.05) is 65.1 Å². The molecule has 1 heterocycles. The minimum atomic E-state index is 0.366. The maximum atomic E-state index is 5.62. The van der Waals surface area contributed by atoms with Crippen LogP contribution >= 0.6 is 0 Å². The van der Waals surface area contributed by atoms with Crippen LogP contribution in [0.4, 0.5) is 0 Å². The SMILES string of the molecule is Cc1ccc(C#CCOCc2cccc(COCC#Cc3ccc(C)cc3)n2)cc1. The van der Waals surface area contributed by atoms with Crippen molar-refractivity contribution in [2.75, 3.05) is 13.2 Å². The number of benzene rings is 2. The van der Waals surface area contributed by atoms with Crippen LogP contribution in [0.5, 0.6) is 0 Å². The average molecular weight is 396 g/mol. The Labute approximate surface area is 179 Å². The average Bonchev–Trinajstić information content (AvgIpc) is 2.76. The molecule has 0 amide bonds. The van der Waals surface area contributed by atoms with Crippen molar-refractivity contribution in [3.8, 4) is 23.7 Å². The van der Waals surface area contributed by atoms with Crippen molar-refractivity contribution >= 4 is 0 Å². The number of pyridine rings is 1. The van der Waals surface area contributed by atoms with Gasteiger partial charge < -0.3 is 9.47 Å². The van der Waals surface area contributed by atoms with Crippen molar-refractivity contribution < 1.29 is 9.47 Å². The van der Waals surface area contributed by atoms with Crippen LogP contribution in [0.25, 0.3) is 0 Å². The standard InChI is InChI=1S/C27H25NO2/c1-22-10-14-24(15-11-22)6-4-18-29-20-26-8-3-9-27(28-26)21-30-19-5-7-25-16-12-23(2)13-17-25/h3,8-17H,18-21H2,1-2H3. The third-order valence-corrected chi connectivity index (χ3v) is 4.28. The first-order valence-corrected chi connectivity index (χ1v) is 9.90. The maximum absolute atomic E-state index is 5.62. The van der Waals surface area contributed by atoms with Crippen molar-refractivity contribution in [1.82, 2.24) is 4.98 Å². The zero-order chi connectivity index (χ0) is 21.0. The number of ether oxygens (including phenoxy) is 2. The van der Waals surface area contributed by atoms with Crippen molar-refractivity contribution in [2.45, 2.75) is 27.1 Å². The Morgan fingerprint density at radius 2 is 1.07 bits per heavy atom. The fourth-order valence-corrected chi connectivity index (χ4v) is 2.65. The normalized spacial score (nSPS) is 9.93. The molecule has 150 valence electrons. The molecule has 2 aromatic carbocycles. The molecule has 0 aliphatic rings. The van der Waals surface area contributed by atoms with Crippen LogP contribution in [0.15, 0.2) is 66.7 Å². The van der Waals surface area contributed by atoms with Crippen molar-refractivity contribution in [2.24, 2.45) is 0 Å². The van der Waals surface area contributed by atoms with Crippen LogP contribution in [0.2, 0.25) is 0 Å². The van der Waals surface area contributed by atoms with Gasteiger partial charge in [0.25, 0.3) is 0 Å². The number of aromatic nitrogens is 1. The lowest BCUT2D eigenvalue weighted by atomic mass is 10.2. The van der Waals surface area contributed by atoms with E-state index in [4.69, 9.17) is 9.47 Å². The molecule has 30 heavy (non-hydrogen) atoms. The second kappa shape index (κ2) is 11.6. The minimum Gasteiger partial charge on any atom is -0.362 e. The van der Waals surface area contributed by atoms with E-state index in [-0.39, 0.29) is 0 Å². The Morgan fingerprint density at radius 1 is 0.633 bits per heavy atom. The first-order valence-electron chi connectivity index (χ1n) is 9.90. The zero-order valence-electron chi connectivity index (χ0n) is 17.4. The quantitative estimate of drug-likeness (QED) is 0.442. The number of hydrogen-bond donors (Lipinski definition) is 0. The van der Waals surface area contributed by atoms with E-state index in [9.17, 15) is 0 Å². The first-order chi connectivity index (χ1) is 14.7. The molecule has 3 nitrogen and oxygen atoms in total. The molecule has 0 N–H and O–H groups in total. The summed E-state index contributed by atoms with van der Waals surface area (Å²) in [5.41, 5.74) is 6.16. The van der Waals surface area contributed by atoms with Crippen molar-refractivity contribution in [3.63, 3.8) is 0 Å². The molecule has 0 fully saturated rings. The smallest absolute Gasteiger partial charge is 0.108 e. The van der Waals surface area contributed by atoms with Crippen molar-refractivity contribution in [3.05, 3.63) is 100 Å². The highest BCUT2D eigenvalue weighted by Crippen LogP contribution is 2.04. The summed E-state index contributed by atoms with van der Waals surface area (Å²) in [7, 11) is 0. The fourth-order valence-electron chi connectivity index (χ4n) is 2.65. The van der Waals surface area contributed by atoms with Gasteiger partial charge in [0.1, 0.15) is 13.2 Å². The number of aryl methyl sites for hydroxylation is 2. The van der Waals surface area contributed by atoms with Gasteiger partial charge in [-0.2, -0.15) is 0 Å². The highest BCUT2D eigenvalue weighted by molar-refractivity contribution is 5.36. The second-order valence-corrected chi connectivity index (χ2v) is 6.94. The van der Waals surface area contributed by atoms with Gasteiger partial charge in [0.05, 0.1) is 24.6 Å². The molecule has 0 saturated carbocycles. The summed E-state index contributed by atoms with van der Waals surface area (Å²) in [4.78, 5) is 4.56. The van der Waals surface area contributed by atoms with Gasteiger partial charge in [-0.05, 0) is 50.2 Å². The van der Waals surface area contributed by atoms with Gasteiger partial charge in [0.2, 0.25) is 0 Å². The molecular weight excluding hydrogens is 370 g/mol. The summed E-state index contributed by atoms with van der Waals surface area (Å²) in [6.45, 7) is 5.69. The third-order valence-electron chi connectivity index (χ3n) is 4.28. The molecule has 0 unspecified atom stereocenters. The molecule has 0 saturated heterocycles. The molecule has 1 aromatic heterocycles. The summed E-state index contributed by atoms with van der Waals surface area (Å²) in [6, 6.07) is 22.1. The predicted octanol–water partition coefficient (Wildman–Crippen LogP) is 4.84. The Kier molecular flexibility index (Phi) is 8.24. The van der Waals surface area contributed by atoms with E-state index in [0.29, 0.717) is 26.4 Å². The molecule has 3 rings (SSSR count). The van der Waals surface area contributed by atoms with Crippen LogP contribution in [0, 0.1) is 37.5 Å². The van der Waals surface area contributed by atoms with Crippen LogP contribution in [-0.2, 0) is 22.7 Å². The highest BCUT2D eigenvalue weighted by atomic mass is 16.5. The summed E-state index contributed by atoms with van der Waals surface area (Å²) >= 11 is 0. The summed E-state index contributed by atoms with van der Waals surface area (Å²) in [5.74, 6) is 12.3. The van der Waals surface area contributed by atoms with Crippen LogP contribution in [0.1, 0.15) is 33.6 Å². The number of rotatable bonds is 6. The van der Waals surface area contributed by atoms with Gasteiger partial charge in [0, 0.05) is 11.1 Å². The first kappa shape index (κ1) is 21.3. The second-order valence-electron chi connectivity index (χ2n) is 6.94. The van der Waals surface area contributed by atoms with Gasteiger partial charge in [-0.25, -0.2) is 0 Å². The monoisotopic (exact) mass is 395 g/mol. The van der Waals surface area contributed by atoms with E-state index < -0.39 is 0 Å². The van der Waals surface area contributed by atoms with Gasteiger partial charge in [0.15, 0.2) is 0 Å². The largest absolute Gasteiger partial charge is 0.362 e. The molecular formula is C27H25NO2. The molecule has 0 radical (unpaired) electrons. The van der Waals surface area contributed by atoms with Crippen LogP contribution < -0.4 is 0 Å². The third kappa shape index (κ3) is 7.57. The van der Waals surface area contributed by atoms with Gasteiger partial charge in [-0.15, -0.1) is 0 Å². The Morgan fingerprint density at radius 3 is 1.50 bits per heavy atom. The van der Waals surface area contributed by atoms with E-state index in [2.05, 4.69) is 66.8 Å². The topological polar surface area (TPSA) is 31.4 Å². The molecule has 3 aromatic rings. The predicted molar refractivity (Wildman–Crippen MR) is 120 cm³/mol. The summed E-state index contributed by atoms with van der Waals surface area (Å²) in [6.07, 6.45) is 0. The highest BCUT2D eigenvalue weighted by Gasteiger charge is 1.98. The molecule has 0 spiro atoms. The number of nitrogens with zero attached hydrogens (tertiary/aromatic N) is 1. The lowest BCUT2D eigenvalue weighted by molar-refractivity contribution is 0.143. The molecule has 0 aliphatic carbocycles. The van der Waals surface area contributed by atoms with E-state index in [0.717, 1.165) is 22.5 Å². The van der Waals surface area contributed by atoms with Gasteiger partial charge in [-0.3, -0.25) is 4.98 Å². The minimum absolute atomic E-state index is 0.366. The van der Waals surface area contributed by atoms with E-state index >= 15 is 0 Å². The van der Waals surface area contributed by atoms with E-state index in [1.165, 1.54) is 11.1 Å². The lowest BCUT2D eigenvalue weighted by Gasteiger charge is -2.04. The lowest BCUT2D eigenvalue weighted by Crippen LogP contribution is -2.01. The van der Waals surface area contributed by atoms with Crippen LogP contribution in [-0.4, -0.2) is 18.2 Å². The van der Waals surface area contributed by atoms with Crippen LogP contribution in [0.3, 0.4) is 0 Å². The van der Waals surface area contributed by atoms with Crippen molar-refractivity contribution in [1.29, 1.82) is 0 Å². The molecule has 0 atom stereocenters. The van der Waals surface area contributed by atoms with E-state index in [1.54, 1.807) is 0 Å². The Balaban J connectivity index is 1.39. The molecule has 0 bridgehead atoms. The maximum Gasteiger partial charge on any atom is 0.108 e.